The second kappa shape index (κ2) is 7.87. The van der Waals surface area contributed by atoms with E-state index in [9.17, 15) is 0 Å². The van der Waals surface area contributed by atoms with Crippen molar-refractivity contribution in [3.63, 3.8) is 0 Å². The van der Waals surface area contributed by atoms with Crippen molar-refractivity contribution >= 4 is 29.0 Å². The number of thioether (sulfide) groups is 1. The fourth-order valence-electron chi connectivity index (χ4n) is 3.67. The molecule has 5 rings (SSSR count). The zero-order valence-electron chi connectivity index (χ0n) is 16.2. The van der Waals surface area contributed by atoms with Crippen LogP contribution in [0.2, 0.25) is 0 Å². The number of piperidine rings is 1. The van der Waals surface area contributed by atoms with E-state index in [-0.39, 0.29) is 0 Å². The Bertz CT molecular complexity index is 936. The van der Waals surface area contributed by atoms with Crippen LogP contribution >= 0.6 is 23.1 Å². The lowest BCUT2D eigenvalue weighted by Gasteiger charge is -2.27. The predicted octanol–water partition coefficient (Wildman–Crippen LogP) is 5.33. The Kier molecular flexibility index (Phi) is 5.11. The molecule has 5 nitrogen and oxygen atoms in total. The summed E-state index contributed by atoms with van der Waals surface area (Å²) in [7, 11) is 0. The molecule has 1 saturated carbocycles. The van der Waals surface area contributed by atoms with Gasteiger partial charge >= 0.3 is 0 Å². The molecular weight excluding hydrogens is 386 g/mol. The highest BCUT2D eigenvalue weighted by Crippen LogP contribution is 2.42. The van der Waals surface area contributed by atoms with Crippen molar-refractivity contribution in [3.05, 3.63) is 40.9 Å². The minimum Gasteiger partial charge on any atom is -0.341 e. The van der Waals surface area contributed by atoms with E-state index in [1.165, 1.54) is 43.2 Å². The van der Waals surface area contributed by atoms with Gasteiger partial charge in [0, 0.05) is 35.8 Å². The first-order chi connectivity index (χ1) is 13.8. The van der Waals surface area contributed by atoms with Crippen LogP contribution in [0.25, 0.3) is 10.6 Å². The van der Waals surface area contributed by atoms with Gasteiger partial charge in [-0.25, -0.2) is 4.98 Å². The van der Waals surface area contributed by atoms with Gasteiger partial charge in [0.05, 0.1) is 5.69 Å². The third-order valence-electron chi connectivity index (χ3n) is 5.40. The maximum absolute atomic E-state index is 4.84. The largest absolute Gasteiger partial charge is 0.341 e. The minimum absolute atomic E-state index is 0.591. The van der Waals surface area contributed by atoms with Gasteiger partial charge in [0.1, 0.15) is 5.01 Å². The van der Waals surface area contributed by atoms with E-state index in [1.807, 2.05) is 0 Å². The standard InChI is InChI=1S/C21H25N5S2/c1-15-5-7-16(8-6-15)19-22-17(13-27-19)14-28-21-24-23-20(26(21)18-9-10-18)25-11-3-2-4-12-25/h5-8,13,18H,2-4,9-12,14H2,1H3. The van der Waals surface area contributed by atoms with Crippen molar-refractivity contribution < 1.29 is 0 Å². The van der Waals surface area contributed by atoms with Gasteiger partial charge in [0.2, 0.25) is 5.95 Å². The number of thiazole rings is 1. The van der Waals surface area contributed by atoms with Gasteiger partial charge in [-0.2, -0.15) is 0 Å². The SMILES string of the molecule is Cc1ccc(-c2nc(CSc3nnc(N4CCCCC4)n3C3CC3)cs2)cc1. The van der Waals surface area contributed by atoms with Crippen LogP contribution in [0.4, 0.5) is 5.95 Å². The summed E-state index contributed by atoms with van der Waals surface area (Å²) in [6.45, 7) is 4.34. The number of hydrogen-bond acceptors (Lipinski definition) is 6. The predicted molar refractivity (Wildman–Crippen MR) is 116 cm³/mol. The molecule has 2 aliphatic rings. The number of aromatic nitrogens is 4. The molecule has 2 fully saturated rings. The second-order valence-corrected chi connectivity index (χ2v) is 9.53. The van der Waals surface area contributed by atoms with Gasteiger partial charge in [-0.1, -0.05) is 41.6 Å². The van der Waals surface area contributed by atoms with Crippen LogP contribution < -0.4 is 4.90 Å². The summed E-state index contributed by atoms with van der Waals surface area (Å²) in [5.41, 5.74) is 3.59. The summed E-state index contributed by atoms with van der Waals surface area (Å²) in [5, 5.41) is 13.4. The third-order valence-corrected chi connectivity index (χ3v) is 7.31. The molecule has 0 unspecified atom stereocenters. The lowest BCUT2D eigenvalue weighted by atomic mass is 10.1. The first-order valence-electron chi connectivity index (χ1n) is 10.1. The molecule has 0 bridgehead atoms. The maximum atomic E-state index is 4.84. The Morgan fingerprint density at radius 3 is 2.61 bits per heavy atom. The van der Waals surface area contributed by atoms with Crippen LogP contribution in [0.5, 0.6) is 0 Å². The van der Waals surface area contributed by atoms with Gasteiger partial charge in [-0.05, 0) is 39.0 Å². The van der Waals surface area contributed by atoms with Crippen LogP contribution in [0, 0.1) is 6.92 Å². The van der Waals surface area contributed by atoms with Crippen molar-refractivity contribution in [3.8, 4) is 10.6 Å². The van der Waals surface area contributed by atoms with E-state index in [2.05, 4.69) is 56.2 Å². The Hall–Kier alpha value is -1.86. The van der Waals surface area contributed by atoms with Gasteiger partial charge in [0.15, 0.2) is 5.16 Å². The number of hydrogen-bond donors (Lipinski definition) is 0. The van der Waals surface area contributed by atoms with Crippen molar-refractivity contribution in [1.29, 1.82) is 0 Å². The molecule has 0 amide bonds. The number of rotatable bonds is 6. The van der Waals surface area contributed by atoms with E-state index in [0.29, 0.717) is 6.04 Å². The summed E-state index contributed by atoms with van der Waals surface area (Å²) in [5.74, 6) is 1.93. The number of aryl methyl sites for hydroxylation is 1. The van der Waals surface area contributed by atoms with Crippen molar-refractivity contribution in [2.75, 3.05) is 18.0 Å². The average Bonchev–Trinajstić information content (AvgIpc) is 3.30. The average molecular weight is 412 g/mol. The van der Waals surface area contributed by atoms with Crippen LogP contribution in [-0.2, 0) is 5.75 Å². The highest BCUT2D eigenvalue weighted by atomic mass is 32.2. The lowest BCUT2D eigenvalue weighted by Crippen LogP contribution is -2.31. The summed E-state index contributed by atoms with van der Waals surface area (Å²) in [6.07, 6.45) is 6.37. The first-order valence-corrected chi connectivity index (χ1v) is 12.0. The summed E-state index contributed by atoms with van der Waals surface area (Å²) in [4.78, 5) is 7.27. The fourth-order valence-corrected chi connectivity index (χ4v) is 5.49. The molecule has 2 aromatic heterocycles. The van der Waals surface area contributed by atoms with Gasteiger partial charge in [-0.15, -0.1) is 21.5 Å². The monoisotopic (exact) mass is 411 g/mol. The highest BCUT2D eigenvalue weighted by molar-refractivity contribution is 7.98. The zero-order valence-corrected chi connectivity index (χ0v) is 17.8. The Morgan fingerprint density at radius 1 is 1.07 bits per heavy atom. The Morgan fingerprint density at radius 2 is 1.86 bits per heavy atom. The lowest BCUT2D eigenvalue weighted by molar-refractivity contribution is 0.548. The molecule has 28 heavy (non-hydrogen) atoms. The Labute approximate surface area is 174 Å². The fraction of sp³-hybridized carbons (Fsp3) is 0.476. The third kappa shape index (κ3) is 3.82. The molecule has 1 saturated heterocycles. The molecule has 3 aromatic rings. The molecular formula is C21H25N5S2. The van der Waals surface area contributed by atoms with Gasteiger partial charge in [0.25, 0.3) is 0 Å². The highest BCUT2D eigenvalue weighted by Gasteiger charge is 2.32. The normalized spacial score (nSPS) is 17.2. The summed E-state index contributed by atoms with van der Waals surface area (Å²) >= 11 is 3.49. The Balaban J connectivity index is 1.30. The van der Waals surface area contributed by atoms with Crippen LogP contribution in [-0.4, -0.2) is 32.8 Å². The zero-order chi connectivity index (χ0) is 18.9. The molecule has 0 radical (unpaired) electrons. The molecule has 7 heteroatoms. The molecule has 0 atom stereocenters. The molecule has 146 valence electrons. The number of benzene rings is 1. The van der Waals surface area contributed by atoms with Gasteiger partial charge in [-0.3, -0.25) is 4.57 Å². The van der Waals surface area contributed by atoms with E-state index < -0.39 is 0 Å². The molecule has 1 aromatic carbocycles. The van der Waals surface area contributed by atoms with Crippen molar-refractivity contribution in [2.24, 2.45) is 0 Å². The van der Waals surface area contributed by atoms with E-state index >= 15 is 0 Å². The quantitative estimate of drug-likeness (QED) is 0.513. The van der Waals surface area contributed by atoms with Crippen LogP contribution in [0.3, 0.4) is 0 Å². The van der Waals surface area contributed by atoms with E-state index in [0.717, 1.165) is 40.6 Å². The molecule has 1 aliphatic carbocycles. The molecule has 1 aliphatic heterocycles. The van der Waals surface area contributed by atoms with Gasteiger partial charge < -0.3 is 4.90 Å². The molecule has 3 heterocycles. The smallest absolute Gasteiger partial charge is 0.228 e. The van der Waals surface area contributed by atoms with Crippen molar-refractivity contribution in [1.82, 2.24) is 19.7 Å². The van der Waals surface area contributed by atoms with Crippen LogP contribution in [0.15, 0.2) is 34.8 Å². The first kappa shape index (κ1) is 18.2. The summed E-state index contributed by atoms with van der Waals surface area (Å²) in [6, 6.07) is 9.18. The van der Waals surface area contributed by atoms with Crippen molar-refractivity contribution in [2.45, 2.75) is 56.0 Å². The second-order valence-electron chi connectivity index (χ2n) is 7.73. The maximum Gasteiger partial charge on any atom is 0.228 e. The van der Waals surface area contributed by atoms with E-state index in [4.69, 9.17) is 4.98 Å². The topological polar surface area (TPSA) is 46.8 Å². The number of anilines is 1. The molecule has 0 spiro atoms. The summed E-state index contributed by atoms with van der Waals surface area (Å²) < 4.78 is 2.39. The number of nitrogens with zero attached hydrogens (tertiary/aromatic N) is 5. The minimum atomic E-state index is 0.591. The van der Waals surface area contributed by atoms with Crippen LogP contribution in [0.1, 0.15) is 49.4 Å². The molecule has 0 N–H and O–H groups in total. The van der Waals surface area contributed by atoms with E-state index in [1.54, 1.807) is 23.1 Å².